The van der Waals surface area contributed by atoms with Crippen LogP contribution in [0.25, 0.3) is 0 Å². The van der Waals surface area contributed by atoms with Crippen LogP contribution in [0.1, 0.15) is 33.6 Å². The van der Waals surface area contributed by atoms with Crippen LogP contribution in [0, 0.1) is 5.92 Å². The molecule has 0 aliphatic carbocycles. The highest BCUT2D eigenvalue weighted by Gasteiger charge is 2.32. The van der Waals surface area contributed by atoms with Crippen molar-refractivity contribution < 1.29 is 8.42 Å². The van der Waals surface area contributed by atoms with E-state index in [2.05, 4.69) is 4.72 Å². The van der Waals surface area contributed by atoms with Gasteiger partial charge < -0.3 is 5.73 Å². The van der Waals surface area contributed by atoms with Gasteiger partial charge in [0, 0.05) is 18.6 Å². The van der Waals surface area contributed by atoms with Crippen molar-refractivity contribution in [3.63, 3.8) is 0 Å². The highest BCUT2D eigenvalue weighted by Crippen LogP contribution is 2.21. The summed E-state index contributed by atoms with van der Waals surface area (Å²) < 4.78 is 28.2. The van der Waals surface area contributed by atoms with Gasteiger partial charge in [0.2, 0.25) is 0 Å². The molecular formula is C10H23N3O2S. The van der Waals surface area contributed by atoms with Crippen LogP contribution in [-0.2, 0) is 10.2 Å². The predicted octanol–water partition coefficient (Wildman–Crippen LogP) is 0.290. The Morgan fingerprint density at radius 1 is 1.44 bits per heavy atom. The first-order valence-electron chi connectivity index (χ1n) is 5.74. The average Bonchev–Trinajstić information content (AvgIpc) is 2.49. The van der Waals surface area contributed by atoms with Gasteiger partial charge in [-0.3, -0.25) is 0 Å². The molecule has 0 spiro atoms. The molecule has 3 N–H and O–H groups in total. The maximum atomic E-state index is 12.0. The molecule has 1 atom stereocenters. The van der Waals surface area contributed by atoms with E-state index >= 15 is 0 Å². The van der Waals surface area contributed by atoms with Gasteiger partial charge in [0.15, 0.2) is 0 Å². The van der Waals surface area contributed by atoms with E-state index < -0.39 is 15.7 Å². The summed E-state index contributed by atoms with van der Waals surface area (Å²) in [5.41, 5.74) is 5.06. The van der Waals surface area contributed by atoms with Crippen molar-refractivity contribution in [2.45, 2.75) is 39.2 Å². The number of hydrogen-bond acceptors (Lipinski definition) is 3. The Hall–Kier alpha value is -0.170. The lowest BCUT2D eigenvalue weighted by Crippen LogP contribution is -2.48. The summed E-state index contributed by atoms with van der Waals surface area (Å²) in [5, 5.41) is 0. The first kappa shape index (κ1) is 13.9. The van der Waals surface area contributed by atoms with Crippen molar-refractivity contribution in [1.82, 2.24) is 9.03 Å². The van der Waals surface area contributed by atoms with E-state index in [0.29, 0.717) is 25.6 Å². The van der Waals surface area contributed by atoms with E-state index in [1.165, 1.54) is 4.31 Å². The Morgan fingerprint density at radius 3 is 2.56 bits per heavy atom. The Bertz CT molecular complexity index is 321. The normalized spacial score (nSPS) is 23.9. The minimum atomic E-state index is -3.33. The van der Waals surface area contributed by atoms with Gasteiger partial charge in [-0.1, -0.05) is 0 Å². The van der Waals surface area contributed by atoms with E-state index in [0.717, 1.165) is 12.8 Å². The molecule has 1 aliphatic rings. The van der Waals surface area contributed by atoms with E-state index in [-0.39, 0.29) is 0 Å². The van der Waals surface area contributed by atoms with Gasteiger partial charge >= 0.3 is 0 Å². The van der Waals surface area contributed by atoms with Gasteiger partial charge in [0.1, 0.15) is 0 Å². The standard InChI is InChI=1S/C10H23N3O2S/c1-10(2,3)12-16(14,15)13-7-5-9(8-13)4-6-11/h9,12H,4-8,11H2,1-3H3. The zero-order valence-electron chi connectivity index (χ0n) is 10.4. The maximum Gasteiger partial charge on any atom is 0.279 e. The number of nitrogens with one attached hydrogen (secondary N) is 1. The second-order valence-electron chi connectivity index (χ2n) is 5.45. The molecule has 0 saturated carbocycles. The van der Waals surface area contributed by atoms with Gasteiger partial charge in [-0.15, -0.1) is 0 Å². The number of nitrogens with zero attached hydrogens (tertiary/aromatic N) is 1. The molecule has 1 heterocycles. The largest absolute Gasteiger partial charge is 0.330 e. The molecule has 16 heavy (non-hydrogen) atoms. The Morgan fingerprint density at radius 2 is 2.06 bits per heavy atom. The fourth-order valence-electron chi connectivity index (χ4n) is 1.94. The van der Waals surface area contributed by atoms with Crippen LogP contribution in [0.4, 0.5) is 0 Å². The van der Waals surface area contributed by atoms with E-state index in [4.69, 9.17) is 5.73 Å². The molecule has 1 rings (SSSR count). The lowest BCUT2D eigenvalue weighted by Gasteiger charge is -2.25. The van der Waals surface area contributed by atoms with Crippen molar-refractivity contribution in [2.24, 2.45) is 11.7 Å². The number of hydrogen-bond donors (Lipinski definition) is 2. The van der Waals surface area contributed by atoms with Crippen LogP contribution in [0.2, 0.25) is 0 Å². The molecule has 0 amide bonds. The maximum absolute atomic E-state index is 12.0. The Balaban J connectivity index is 2.59. The Labute approximate surface area is 98.6 Å². The highest BCUT2D eigenvalue weighted by atomic mass is 32.2. The summed E-state index contributed by atoms with van der Waals surface area (Å²) in [7, 11) is -3.33. The second-order valence-corrected chi connectivity index (χ2v) is 7.12. The highest BCUT2D eigenvalue weighted by molar-refractivity contribution is 7.87. The third-order valence-electron chi connectivity index (χ3n) is 2.60. The fourth-order valence-corrected chi connectivity index (χ4v) is 3.59. The number of nitrogens with two attached hydrogens (primary N) is 1. The van der Waals surface area contributed by atoms with E-state index in [1.54, 1.807) is 0 Å². The fraction of sp³-hybridized carbons (Fsp3) is 1.00. The molecule has 5 nitrogen and oxygen atoms in total. The van der Waals surface area contributed by atoms with E-state index in [1.807, 2.05) is 20.8 Å². The molecule has 0 bridgehead atoms. The van der Waals surface area contributed by atoms with Gasteiger partial charge in [0.25, 0.3) is 10.2 Å². The van der Waals surface area contributed by atoms with Crippen LogP contribution in [-0.4, -0.2) is 37.9 Å². The molecule has 1 fully saturated rings. The zero-order valence-corrected chi connectivity index (χ0v) is 11.2. The van der Waals surface area contributed by atoms with Gasteiger partial charge in [-0.25, -0.2) is 0 Å². The minimum Gasteiger partial charge on any atom is -0.330 e. The van der Waals surface area contributed by atoms with Crippen LogP contribution >= 0.6 is 0 Å². The zero-order chi connectivity index (χ0) is 12.4. The lowest BCUT2D eigenvalue weighted by atomic mass is 10.1. The minimum absolute atomic E-state index is 0.418. The molecule has 0 aromatic carbocycles. The summed E-state index contributed by atoms with van der Waals surface area (Å²) in [6, 6.07) is 0. The van der Waals surface area contributed by atoms with Crippen molar-refractivity contribution in [3.05, 3.63) is 0 Å². The third kappa shape index (κ3) is 4.01. The summed E-state index contributed by atoms with van der Waals surface area (Å²) >= 11 is 0. The van der Waals surface area contributed by atoms with Crippen molar-refractivity contribution in [3.8, 4) is 0 Å². The molecule has 1 unspecified atom stereocenters. The predicted molar refractivity (Wildman–Crippen MR) is 65.2 cm³/mol. The smallest absolute Gasteiger partial charge is 0.279 e. The SMILES string of the molecule is CC(C)(C)NS(=O)(=O)N1CCC(CCN)C1. The molecule has 0 radical (unpaired) electrons. The van der Waals surface area contributed by atoms with Gasteiger partial charge in [-0.05, 0) is 46.1 Å². The topological polar surface area (TPSA) is 75.4 Å². The van der Waals surface area contributed by atoms with Crippen LogP contribution in [0.5, 0.6) is 0 Å². The van der Waals surface area contributed by atoms with Gasteiger partial charge in [-0.2, -0.15) is 17.4 Å². The Kier molecular flexibility index (Phi) is 4.34. The monoisotopic (exact) mass is 249 g/mol. The van der Waals surface area contributed by atoms with Crippen LogP contribution in [0.15, 0.2) is 0 Å². The lowest BCUT2D eigenvalue weighted by molar-refractivity contribution is 0.413. The van der Waals surface area contributed by atoms with E-state index in [9.17, 15) is 8.42 Å². The van der Waals surface area contributed by atoms with Crippen molar-refractivity contribution in [1.29, 1.82) is 0 Å². The first-order valence-corrected chi connectivity index (χ1v) is 7.18. The molecular weight excluding hydrogens is 226 g/mol. The van der Waals surface area contributed by atoms with Crippen molar-refractivity contribution in [2.75, 3.05) is 19.6 Å². The quantitative estimate of drug-likeness (QED) is 0.752. The average molecular weight is 249 g/mol. The van der Waals surface area contributed by atoms with Crippen molar-refractivity contribution >= 4 is 10.2 Å². The van der Waals surface area contributed by atoms with Crippen LogP contribution in [0.3, 0.4) is 0 Å². The third-order valence-corrected chi connectivity index (χ3v) is 4.48. The first-order chi connectivity index (χ1) is 7.24. The molecule has 1 saturated heterocycles. The molecule has 0 aromatic rings. The summed E-state index contributed by atoms with van der Waals surface area (Å²) in [4.78, 5) is 0. The summed E-state index contributed by atoms with van der Waals surface area (Å²) in [6.07, 6.45) is 1.82. The molecule has 6 heteroatoms. The van der Waals surface area contributed by atoms with Crippen LogP contribution < -0.4 is 10.5 Å². The van der Waals surface area contributed by atoms with Gasteiger partial charge in [0.05, 0.1) is 0 Å². The summed E-state index contributed by atoms with van der Waals surface area (Å²) in [5.74, 6) is 0.418. The number of rotatable bonds is 4. The summed E-state index contributed by atoms with van der Waals surface area (Å²) in [6.45, 7) is 7.37. The molecule has 1 aliphatic heterocycles. The molecule has 96 valence electrons. The molecule has 0 aromatic heterocycles. The second kappa shape index (κ2) is 5.00.